The number of hydrogen-bond donors (Lipinski definition) is 4. The van der Waals surface area contributed by atoms with Gasteiger partial charge in [-0.25, -0.2) is 0 Å². The molecule has 0 aromatic rings. The molecule has 22 nitrogen and oxygen atoms in total. The number of methoxy groups -OCH3 is 4. The van der Waals surface area contributed by atoms with E-state index in [1.165, 1.54) is 5.57 Å². The molecule has 11 rings (SSSR count). The van der Waals surface area contributed by atoms with E-state index in [4.69, 9.17) is 85.3 Å². The predicted molar refractivity (Wildman–Crippen MR) is 296 cm³/mol. The van der Waals surface area contributed by atoms with Crippen molar-refractivity contribution in [2.24, 2.45) is 28.6 Å². The molecule has 3 saturated carbocycles. The van der Waals surface area contributed by atoms with E-state index < -0.39 is 159 Å². The van der Waals surface area contributed by atoms with E-state index in [9.17, 15) is 20.4 Å². The summed E-state index contributed by atoms with van der Waals surface area (Å²) < 4.78 is 114. The molecule has 84 heavy (non-hydrogen) atoms. The van der Waals surface area contributed by atoms with Gasteiger partial charge in [-0.3, -0.25) is 0 Å². The van der Waals surface area contributed by atoms with Crippen LogP contribution < -0.4 is 0 Å². The van der Waals surface area contributed by atoms with Crippen molar-refractivity contribution in [3.05, 3.63) is 11.6 Å². The van der Waals surface area contributed by atoms with Gasteiger partial charge in [-0.1, -0.05) is 25.5 Å². The van der Waals surface area contributed by atoms with Crippen molar-refractivity contribution in [2.75, 3.05) is 35.2 Å². The second-order valence-corrected chi connectivity index (χ2v) is 27.2. The molecule has 0 unspecified atom stereocenters. The summed E-state index contributed by atoms with van der Waals surface area (Å²) in [5.74, 6) is -0.0700. The summed E-state index contributed by atoms with van der Waals surface area (Å²) in [5.41, 5.74) is 0.250. The fourth-order valence-corrected chi connectivity index (χ4v) is 17.6. The molecule has 0 radical (unpaired) electrons. The fraction of sp³-hybridized carbons (Fsp3) is 0.968. The summed E-state index contributed by atoms with van der Waals surface area (Å²) >= 11 is 0. The van der Waals surface area contributed by atoms with Crippen LogP contribution in [0.2, 0.25) is 0 Å². The molecule has 0 bridgehead atoms. The second kappa shape index (κ2) is 25.9. The highest BCUT2D eigenvalue weighted by Gasteiger charge is 2.66. The van der Waals surface area contributed by atoms with E-state index in [2.05, 4.69) is 19.9 Å². The Labute approximate surface area is 496 Å². The van der Waals surface area contributed by atoms with Crippen LogP contribution in [0.5, 0.6) is 0 Å². The molecular weight excluding hydrogens is 1100 g/mol. The van der Waals surface area contributed by atoms with E-state index in [1.54, 1.807) is 35.4 Å². The van der Waals surface area contributed by atoms with Gasteiger partial charge < -0.3 is 106 Å². The van der Waals surface area contributed by atoms with Crippen LogP contribution in [0.1, 0.15) is 152 Å². The van der Waals surface area contributed by atoms with Gasteiger partial charge in [-0.15, -0.1) is 0 Å². The molecule has 0 amide bonds. The highest BCUT2D eigenvalue weighted by Crippen LogP contribution is 2.68. The van der Waals surface area contributed by atoms with E-state index in [0.717, 1.165) is 44.9 Å². The molecule has 11 aliphatic rings. The van der Waals surface area contributed by atoms with Crippen LogP contribution in [-0.4, -0.2) is 221 Å². The van der Waals surface area contributed by atoms with Gasteiger partial charge in [0.25, 0.3) is 5.97 Å². The van der Waals surface area contributed by atoms with Crippen molar-refractivity contribution in [3.8, 4) is 0 Å². The number of aliphatic hydroxyl groups is 4. The molecule has 22 heteroatoms. The topological polar surface area (TPSA) is 247 Å². The Morgan fingerprint density at radius 1 is 0.571 bits per heavy atom. The highest BCUT2D eigenvalue weighted by atomic mass is 16.9. The molecular formula is C62H102O22. The summed E-state index contributed by atoms with van der Waals surface area (Å²) in [7, 11) is 6.42. The van der Waals surface area contributed by atoms with Gasteiger partial charge in [0.05, 0.1) is 97.5 Å². The summed E-state index contributed by atoms with van der Waals surface area (Å²) in [6.45, 7) is 17.9. The third-order valence-electron chi connectivity index (χ3n) is 22.4. The molecule has 0 aromatic heterocycles. The summed E-state index contributed by atoms with van der Waals surface area (Å²) in [4.78, 5) is 0. The van der Waals surface area contributed by atoms with Crippen molar-refractivity contribution in [3.63, 3.8) is 0 Å². The number of allylic oxidation sites excluding steroid dienone is 1. The van der Waals surface area contributed by atoms with Gasteiger partial charge in [-0.05, 0) is 123 Å². The smallest absolute Gasteiger partial charge is 0.288 e. The molecule has 7 aliphatic heterocycles. The van der Waals surface area contributed by atoms with E-state index >= 15 is 0 Å². The average Bonchev–Trinajstić information content (AvgIpc) is 1.76. The largest absolute Gasteiger partial charge is 0.393 e. The molecule has 0 aromatic carbocycles. The number of ether oxygens (including phenoxy) is 18. The third kappa shape index (κ3) is 12.3. The Kier molecular flexibility index (Phi) is 19.8. The number of hydrogen-bond acceptors (Lipinski definition) is 22. The van der Waals surface area contributed by atoms with Gasteiger partial charge in [0.1, 0.15) is 36.6 Å². The maximum Gasteiger partial charge on any atom is 0.288 e. The van der Waals surface area contributed by atoms with Gasteiger partial charge in [0.2, 0.25) is 0 Å². The van der Waals surface area contributed by atoms with Crippen molar-refractivity contribution in [2.45, 2.75) is 317 Å². The Balaban J connectivity index is 0.647. The van der Waals surface area contributed by atoms with Crippen LogP contribution in [-0.2, 0) is 85.3 Å². The van der Waals surface area contributed by atoms with Crippen molar-refractivity contribution >= 4 is 0 Å². The van der Waals surface area contributed by atoms with E-state index in [-0.39, 0.29) is 36.6 Å². The van der Waals surface area contributed by atoms with Crippen LogP contribution >= 0.6 is 0 Å². The lowest BCUT2D eigenvalue weighted by Gasteiger charge is -2.59. The van der Waals surface area contributed by atoms with Crippen LogP contribution in [0, 0.1) is 28.6 Å². The fourth-order valence-electron chi connectivity index (χ4n) is 17.6. The van der Waals surface area contributed by atoms with E-state index in [1.807, 2.05) is 41.5 Å². The molecule has 7 heterocycles. The standard InChI is InChI=1S/C62H102O22/c1-30-53(65)43(67-10)24-50(73-30)81-56-33(4)75-51(25-44(56)68-11)79-54-31(2)74-48(23-42(54)64)80-55-32(3)76-52(26-45(55)69-12)82-57-35(6)83-62(28-47(57)70-13)72-29-71-46-27-49(77-34(5)58(46)84-62)78-36(7)61(66)21-18-41-39-15-14-37-22-38(63)16-19-59(37,8)40(39)17-20-60(41,61)9/h14,30-36,38-58,63-66H,15-29H2,1-13H3/t30-,31-,32-,33-,34-,35-,36+,38+,39-,40+,41+,42-,43-,44+,45+,46-,47-,48+,49+,50+,51+,52+,53-,54-,55-,56-,57-,58-,59+,60+,61+,62+/m1/s1. The third-order valence-corrected chi connectivity index (χ3v) is 22.4. The first-order valence-electron chi connectivity index (χ1n) is 31.8. The summed E-state index contributed by atoms with van der Waals surface area (Å²) in [6, 6.07) is 0. The lowest BCUT2D eigenvalue weighted by molar-refractivity contribution is -0.447. The first-order valence-corrected chi connectivity index (χ1v) is 31.8. The first kappa shape index (κ1) is 64.4. The second-order valence-electron chi connectivity index (χ2n) is 27.2. The van der Waals surface area contributed by atoms with Gasteiger partial charge in [0, 0.05) is 66.0 Å². The zero-order valence-corrected chi connectivity index (χ0v) is 52.0. The minimum atomic E-state index is -1.53. The number of fused-ring (bicyclic) bond motifs is 6. The van der Waals surface area contributed by atoms with Crippen LogP contribution in [0.15, 0.2) is 11.6 Å². The SMILES string of the molecule is CO[C@H]1C[C@H](O[C@@H]2[C@@H](C)O[C@]3(C[C@H]2OC)OCO[C@@H]2C[C@H](O[C@@H](C)[C@@]4(O)CC[C@H]5[C@@H]6CC=C7C[C@@H](O)CC[C@]7(C)[C@H]6CC[C@@]54C)O[C@H](C)[C@H]2O3)O[C@H](C)[C@H]1O[C@H]1C[C@@H](O)[C@H](O[C@H]2C[C@H](OC)[C@H](O[C@H]3C[C@@H](OC)[C@H](O)[C@@H](C)O3)[C@@H](C)O2)[C@@H](C)O1. The lowest BCUT2D eigenvalue weighted by atomic mass is 9.46. The minimum absolute atomic E-state index is 0.0975. The van der Waals surface area contributed by atoms with Gasteiger partial charge >= 0.3 is 0 Å². The maximum atomic E-state index is 12.8. The monoisotopic (exact) mass is 1200 g/mol. The Morgan fingerprint density at radius 3 is 1.74 bits per heavy atom. The van der Waals surface area contributed by atoms with Crippen LogP contribution in [0.3, 0.4) is 0 Å². The van der Waals surface area contributed by atoms with E-state index in [0.29, 0.717) is 49.9 Å². The van der Waals surface area contributed by atoms with Gasteiger partial charge in [0.15, 0.2) is 38.2 Å². The number of aliphatic hydroxyl groups excluding tert-OH is 3. The van der Waals surface area contributed by atoms with Crippen LogP contribution in [0.25, 0.3) is 0 Å². The normalized spacial score (nSPS) is 53.9. The quantitative estimate of drug-likeness (QED) is 0.144. The van der Waals surface area contributed by atoms with Gasteiger partial charge in [-0.2, -0.15) is 0 Å². The Hall–Kier alpha value is -1.14. The zero-order valence-electron chi connectivity index (χ0n) is 52.0. The molecule has 10 fully saturated rings. The molecule has 482 valence electrons. The average molecular weight is 1200 g/mol. The molecule has 4 aliphatic carbocycles. The highest BCUT2D eigenvalue weighted by molar-refractivity contribution is 5.26. The summed E-state index contributed by atoms with van der Waals surface area (Å²) in [6.07, 6.45) is -2.73. The summed E-state index contributed by atoms with van der Waals surface area (Å²) in [5, 5.41) is 45.4. The molecule has 1 spiro atoms. The zero-order chi connectivity index (χ0) is 59.8. The maximum absolute atomic E-state index is 12.8. The van der Waals surface area contributed by atoms with Crippen LogP contribution in [0.4, 0.5) is 0 Å². The molecule has 4 N–H and O–H groups in total. The van der Waals surface area contributed by atoms with Crippen molar-refractivity contribution < 1.29 is 106 Å². The van der Waals surface area contributed by atoms with Crippen molar-refractivity contribution in [1.82, 2.24) is 0 Å². The Morgan fingerprint density at radius 2 is 1.12 bits per heavy atom. The van der Waals surface area contributed by atoms with Crippen molar-refractivity contribution in [1.29, 1.82) is 0 Å². The lowest BCUT2D eigenvalue weighted by Crippen LogP contribution is -2.62. The molecule has 7 saturated heterocycles. The number of rotatable bonds is 15. The first-order chi connectivity index (χ1) is 40.0. The Bertz CT molecular complexity index is 2200. The minimum Gasteiger partial charge on any atom is -0.393 e. The predicted octanol–water partition coefficient (Wildman–Crippen LogP) is 5.66. The molecule has 32 atom stereocenters.